The summed E-state index contributed by atoms with van der Waals surface area (Å²) < 4.78 is 23.0. The number of aliphatic hydroxyl groups excluding tert-OH is 1. The number of benzene rings is 1. The normalized spacial score (nSPS) is 12.2. The van der Waals surface area contributed by atoms with E-state index < -0.39 is 11.9 Å². The first kappa shape index (κ1) is 13.7. The molecule has 0 aliphatic carbocycles. The van der Waals surface area contributed by atoms with Gasteiger partial charge >= 0.3 is 0 Å². The number of hydrogen-bond donors (Lipinski definition) is 2. The molecular formula is C12H18FNO3. The minimum atomic E-state index is -0.592. The Morgan fingerprint density at radius 1 is 1.47 bits per heavy atom. The number of ether oxygens (including phenoxy) is 2. The second kappa shape index (κ2) is 7.09. The van der Waals surface area contributed by atoms with Gasteiger partial charge in [0.2, 0.25) is 0 Å². The number of nitrogens with one attached hydrogen (secondary N) is 1. The Kier molecular flexibility index (Phi) is 5.72. The van der Waals surface area contributed by atoms with Gasteiger partial charge in [-0.3, -0.25) is 0 Å². The van der Waals surface area contributed by atoms with Crippen LogP contribution in [-0.4, -0.2) is 38.1 Å². The minimum absolute atomic E-state index is 0.175. The van der Waals surface area contributed by atoms with Gasteiger partial charge in [-0.05, 0) is 19.1 Å². The summed E-state index contributed by atoms with van der Waals surface area (Å²) in [6, 6.07) is 4.45. The van der Waals surface area contributed by atoms with Gasteiger partial charge in [0, 0.05) is 24.9 Å². The van der Waals surface area contributed by atoms with E-state index in [1.807, 2.05) is 6.92 Å². The summed E-state index contributed by atoms with van der Waals surface area (Å²) in [4.78, 5) is 0. The van der Waals surface area contributed by atoms with Crippen LogP contribution in [0.15, 0.2) is 18.2 Å². The quantitative estimate of drug-likeness (QED) is 0.764. The molecule has 0 saturated carbocycles. The molecule has 0 aromatic heterocycles. The first-order valence-corrected chi connectivity index (χ1v) is 5.50. The van der Waals surface area contributed by atoms with Crippen LogP contribution < -0.4 is 10.1 Å². The van der Waals surface area contributed by atoms with E-state index in [9.17, 15) is 9.50 Å². The van der Waals surface area contributed by atoms with Crippen LogP contribution in [0, 0.1) is 5.82 Å². The van der Waals surface area contributed by atoms with Crippen LogP contribution in [0.25, 0.3) is 0 Å². The maximum Gasteiger partial charge on any atom is 0.165 e. The fourth-order valence-electron chi connectivity index (χ4n) is 1.32. The van der Waals surface area contributed by atoms with Crippen molar-refractivity contribution >= 4 is 5.69 Å². The molecule has 0 aliphatic rings. The Hall–Kier alpha value is -1.33. The summed E-state index contributed by atoms with van der Waals surface area (Å²) in [6.07, 6.45) is -0.592. The van der Waals surface area contributed by atoms with Gasteiger partial charge in [-0.1, -0.05) is 0 Å². The van der Waals surface area contributed by atoms with Gasteiger partial charge in [0.05, 0.1) is 19.8 Å². The maximum atomic E-state index is 13.1. The predicted octanol–water partition coefficient (Wildman–Crippen LogP) is 1.64. The van der Waals surface area contributed by atoms with E-state index in [2.05, 4.69) is 5.32 Å². The molecule has 0 spiro atoms. The zero-order chi connectivity index (χ0) is 12.7. The monoisotopic (exact) mass is 243 g/mol. The molecule has 0 aliphatic heterocycles. The van der Waals surface area contributed by atoms with Crippen molar-refractivity contribution in [1.29, 1.82) is 0 Å². The molecule has 0 bridgehead atoms. The van der Waals surface area contributed by atoms with Crippen molar-refractivity contribution < 1.29 is 19.0 Å². The topological polar surface area (TPSA) is 50.7 Å². The van der Waals surface area contributed by atoms with Gasteiger partial charge in [-0.25, -0.2) is 4.39 Å². The fraction of sp³-hybridized carbons (Fsp3) is 0.500. The summed E-state index contributed by atoms with van der Waals surface area (Å²) in [5, 5.41) is 12.5. The Balaban J connectivity index is 2.46. The second-order valence-corrected chi connectivity index (χ2v) is 3.54. The molecule has 96 valence electrons. The van der Waals surface area contributed by atoms with Crippen LogP contribution >= 0.6 is 0 Å². The van der Waals surface area contributed by atoms with Crippen molar-refractivity contribution in [2.75, 3.05) is 32.2 Å². The molecule has 0 saturated heterocycles. The lowest BCUT2D eigenvalue weighted by Gasteiger charge is -2.13. The lowest BCUT2D eigenvalue weighted by Crippen LogP contribution is -2.24. The number of anilines is 1. The standard InChI is InChI=1S/C12H18FNO3/c1-3-17-8-10(15)7-14-9-4-5-11(13)12(6-9)16-2/h4-6,10,14-15H,3,7-8H2,1-2H3. The van der Waals surface area contributed by atoms with E-state index in [1.165, 1.54) is 13.2 Å². The number of methoxy groups -OCH3 is 1. The van der Waals surface area contributed by atoms with Crippen LogP contribution in [0.5, 0.6) is 5.75 Å². The highest BCUT2D eigenvalue weighted by molar-refractivity contribution is 5.48. The molecule has 5 heteroatoms. The molecule has 1 aromatic carbocycles. The average Bonchev–Trinajstić information content (AvgIpc) is 2.35. The van der Waals surface area contributed by atoms with Crippen molar-refractivity contribution in [1.82, 2.24) is 0 Å². The van der Waals surface area contributed by atoms with Crippen molar-refractivity contribution in [3.63, 3.8) is 0 Å². The van der Waals surface area contributed by atoms with Crippen molar-refractivity contribution in [3.8, 4) is 5.75 Å². The van der Waals surface area contributed by atoms with E-state index in [0.717, 1.165) is 0 Å². The number of halogens is 1. The molecule has 1 atom stereocenters. The summed E-state index contributed by atoms with van der Waals surface area (Å²) in [5.41, 5.74) is 0.693. The van der Waals surface area contributed by atoms with Crippen LogP contribution in [-0.2, 0) is 4.74 Å². The van der Waals surface area contributed by atoms with Crippen LogP contribution in [0.1, 0.15) is 6.92 Å². The van der Waals surface area contributed by atoms with Crippen LogP contribution in [0.4, 0.5) is 10.1 Å². The summed E-state index contributed by atoms with van der Waals surface area (Å²) in [7, 11) is 1.41. The molecule has 0 radical (unpaired) electrons. The molecule has 17 heavy (non-hydrogen) atoms. The highest BCUT2D eigenvalue weighted by Crippen LogP contribution is 2.21. The van der Waals surface area contributed by atoms with Crippen LogP contribution in [0.2, 0.25) is 0 Å². The van der Waals surface area contributed by atoms with Crippen molar-refractivity contribution in [3.05, 3.63) is 24.0 Å². The highest BCUT2D eigenvalue weighted by atomic mass is 19.1. The number of aliphatic hydroxyl groups is 1. The van der Waals surface area contributed by atoms with Gasteiger partial charge in [-0.2, -0.15) is 0 Å². The largest absolute Gasteiger partial charge is 0.494 e. The number of rotatable bonds is 7. The van der Waals surface area contributed by atoms with Crippen molar-refractivity contribution in [2.45, 2.75) is 13.0 Å². The Morgan fingerprint density at radius 3 is 2.88 bits per heavy atom. The van der Waals surface area contributed by atoms with Crippen molar-refractivity contribution in [2.24, 2.45) is 0 Å². The zero-order valence-electron chi connectivity index (χ0n) is 10.1. The highest BCUT2D eigenvalue weighted by Gasteiger charge is 2.06. The minimum Gasteiger partial charge on any atom is -0.494 e. The molecule has 1 aromatic rings. The smallest absolute Gasteiger partial charge is 0.165 e. The molecule has 0 heterocycles. The third kappa shape index (κ3) is 4.58. The summed E-state index contributed by atoms with van der Waals surface area (Å²) in [5.74, 6) is -0.234. The zero-order valence-corrected chi connectivity index (χ0v) is 10.1. The Bertz CT molecular complexity index is 347. The molecule has 0 amide bonds. The molecule has 4 nitrogen and oxygen atoms in total. The molecule has 0 fully saturated rings. The van der Waals surface area contributed by atoms with E-state index in [-0.39, 0.29) is 12.4 Å². The molecule has 2 N–H and O–H groups in total. The van der Waals surface area contributed by atoms with Gasteiger partial charge in [0.1, 0.15) is 0 Å². The Morgan fingerprint density at radius 2 is 2.24 bits per heavy atom. The van der Waals surface area contributed by atoms with E-state index in [1.54, 1.807) is 12.1 Å². The molecular weight excluding hydrogens is 225 g/mol. The first-order chi connectivity index (χ1) is 8.17. The van der Waals surface area contributed by atoms with E-state index in [4.69, 9.17) is 9.47 Å². The Labute approximate surface area is 100 Å². The predicted molar refractivity (Wildman–Crippen MR) is 63.9 cm³/mol. The summed E-state index contributed by atoms with van der Waals surface area (Å²) >= 11 is 0. The van der Waals surface area contributed by atoms with Gasteiger partial charge < -0.3 is 19.9 Å². The first-order valence-electron chi connectivity index (χ1n) is 5.50. The third-order valence-corrected chi connectivity index (χ3v) is 2.21. The molecule has 1 rings (SSSR count). The average molecular weight is 243 g/mol. The summed E-state index contributed by atoms with van der Waals surface area (Å²) in [6.45, 7) is 3.06. The van der Waals surface area contributed by atoms with Gasteiger partial charge in [0.15, 0.2) is 11.6 Å². The van der Waals surface area contributed by atoms with Gasteiger partial charge in [-0.15, -0.1) is 0 Å². The van der Waals surface area contributed by atoms with E-state index >= 15 is 0 Å². The molecule has 1 unspecified atom stereocenters. The third-order valence-electron chi connectivity index (χ3n) is 2.21. The second-order valence-electron chi connectivity index (χ2n) is 3.54. The van der Waals surface area contributed by atoms with E-state index in [0.29, 0.717) is 18.8 Å². The lowest BCUT2D eigenvalue weighted by atomic mass is 10.2. The maximum absolute atomic E-state index is 13.1. The van der Waals surface area contributed by atoms with Gasteiger partial charge in [0.25, 0.3) is 0 Å². The SMILES string of the molecule is CCOCC(O)CNc1ccc(F)c(OC)c1. The lowest BCUT2D eigenvalue weighted by molar-refractivity contribution is 0.0496. The number of hydrogen-bond acceptors (Lipinski definition) is 4. The van der Waals surface area contributed by atoms with Crippen LogP contribution in [0.3, 0.4) is 0 Å². The fourth-order valence-corrected chi connectivity index (χ4v) is 1.32.